The zero-order chi connectivity index (χ0) is 9.97. The molecule has 2 N–H and O–H groups in total. The number of hydrogen-bond acceptors (Lipinski definition) is 1. The van der Waals surface area contributed by atoms with E-state index in [0.29, 0.717) is 0 Å². The van der Waals surface area contributed by atoms with Crippen LogP contribution in [-0.2, 0) is 12.8 Å². The van der Waals surface area contributed by atoms with Gasteiger partial charge in [-0.1, -0.05) is 24.3 Å². The maximum absolute atomic E-state index is 6.03. The van der Waals surface area contributed by atoms with Crippen LogP contribution in [0.3, 0.4) is 0 Å². The van der Waals surface area contributed by atoms with Crippen molar-refractivity contribution in [1.29, 1.82) is 0 Å². The van der Waals surface area contributed by atoms with Gasteiger partial charge in [0.1, 0.15) is 0 Å². The van der Waals surface area contributed by atoms with E-state index in [-0.39, 0.29) is 6.04 Å². The molecule has 1 heteroatoms. The van der Waals surface area contributed by atoms with Crippen LogP contribution in [0.2, 0.25) is 0 Å². The smallest absolute Gasteiger partial charge is 0.0329 e. The van der Waals surface area contributed by atoms with Crippen molar-refractivity contribution in [1.82, 2.24) is 0 Å². The molecule has 0 spiro atoms. The SMILES string of the molecule is C=CC[C@@H](N)c1ccc2c(c1)CCC2. The summed E-state index contributed by atoms with van der Waals surface area (Å²) < 4.78 is 0. The van der Waals surface area contributed by atoms with E-state index in [0.717, 1.165) is 6.42 Å². The molecule has 1 aromatic rings. The minimum atomic E-state index is 0.124. The first kappa shape index (κ1) is 9.47. The predicted molar refractivity (Wildman–Crippen MR) is 60.2 cm³/mol. The van der Waals surface area contributed by atoms with Crippen molar-refractivity contribution < 1.29 is 0 Å². The quantitative estimate of drug-likeness (QED) is 0.723. The highest BCUT2D eigenvalue weighted by Crippen LogP contribution is 2.25. The average Bonchev–Trinajstić information content (AvgIpc) is 2.64. The van der Waals surface area contributed by atoms with Crippen LogP contribution in [0.15, 0.2) is 30.9 Å². The Hall–Kier alpha value is -1.08. The van der Waals surface area contributed by atoms with Crippen LogP contribution >= 0.6 is 0 Å². The summed E-state index contributed by atoms with van der Waals surface area (Å²) in [5.74, 6) is 0. The van der Waals surface area contributed by atoms with Crippen LogP contribution in [0.1, 0.15) is 35.6 Å². The summed E-state index contributed by atoms with van der Waals surface area (Å²) in [5.41, 5.74) is 10.3. The molecule has 0 heterocycles. The molecule has 0 amide bonds. The summed E-state index contributed by atoms with van der Waals surface area (Å²) in [5, 5.41) is 0. The van der Waals surface area contributed by atoms with Gasteiger partial charge in [0.25, 0.3) is 0 Å². The van der Waals surface area contributed by atoms with E-state index in [4.69, 9.17) is 5.73 Å². The van der Waals surface area contributed by atoms with Crippen LogP contribution < -0.4 is 5.73 Å². The van der Waals surface area contributed by atoms with Gasteiger partial charge in [-0.2, -0.15) is 0 Å². The van der Waals surface area contributed by atoms with E-state index >= 15 is 0 Å². The second kappa shape index (κ2) is 3.97. The number of benzene rings is 1. The standard InChI is InChI=1S/C13H17N/c1-2-4-13(14)12-8-7-10-5-3-6-11(10)9-12/h2,7-9,13H,1,3-6,14H2/t13-/m1/s1. The molecular formula is C13H17N. The van der Waals surface area contributed by atoms with Gasteiger partial charge in [-0.05, 0) is 42.4 Å². The van der Waals surface area contributed by atoms with Crippen molar-refractivity contribution in [2.24, 2.45) is 5.73 Å². The molecule has 2 rings (SSSR count). The highest BCUT2D eigenvalue weighted by atomic mass is 14.6. The largest absolute Gasteiger partial charge is 0.324 e. The molecule has 1 aromatic carbocycles. The van der Waals surface area contributed by atoms with Crippen LogP contribution in [0.5, 0.6) is 0 Å². The van der Waals surface area contributed by atoms with Gasteiger partial charge in [0, 0.05) is 6.04 Å². The highest BCUT2D eigenvalue weighted by Gasteiger charge is 2.12. The minimum Gasteiger partial charge on any atom is -0.324 e. The van der Waals surface area contributed by atoms with Gasteiger partial charge in [-0.15, -0.1) is 6.58 Å². The minimum absolute atomic E-state index is 0.124. The number of nitrogens with two attached hydrogens (primary N) is 1. The van der Waals surface area contributed by atoms with Crippen molar-refractivity contribution in [2.75, 3.05) is 0 Å². The van der Waals surface area contributed by atoms with Crippen LogP contribution in [0, 0.1) is 0 Å². The lowest BCUT2D eigenvalue weighted by molar-refractivity contribution is 0.740. The maximum Gasteiger partial charge on any atom is 0.0329 e. The fourth-order valence-electron chi connectivity index (χ4n) is 2.14. The van der Waals surface area contributed by atoms with Gasteiger partial charge in [0.05, 0.1) is 0 Å². The molecule has 1 nitrogen and oxygen atoms in total. The maximum atomic E-state index is 6.03. The lowest BCUT2D eigenvalue weighted by Crippen LogP contribution is -2.09. The Morgan fingerprint density at radius 2 is 2.14 bits per heavy atom. The molecule has 0 bridgehead atoms. The van der Waals surface area contributed by atoms with Gasteiger partial charge in [0.15, 0.2) is 0 Å². The fraction of sp³-hybridized carbons (Fsp3) is 0.385. The Bertz CT molecular complexity index is 341. The third-order valence-electron chi connectivity index (χ3n) is 2.97. The first-order valence-electron chi connectivity index (χ1n) is 5.29. The van der Waals surface area contributed by atoms with Crippen molar-refractivity contribution in [3.05, 3.63) is 47.5 Å². The highest BCUT2D eigenvalue weighted by molar-refractivity contribution is 5.36. The molecule has 0 fully saturated rings. The Kier molecular flexibility index (Phi) is 2.69. The number of aryl methyl sites for hydroxylation is 2. The summed E-state index contributed by atoms with van der Waals surface area (Å²) in [6.45, 7) is 3.72. The molecule has 0 radical (unpaired) electrons. The summed E-state index contributed by atoms with van der Waals surface area (Å²) in [7, 11) is 0. The van der Waals surface area contributed by atoms with Gasteiger partial charge < -0.3 is 5.73 Å². The van der Waals surface area contributed by atoms with Gasteiger partial charge in [-0.3, -0.25) is 0 Å². The van der Waals surface area contributed by atoms with Gasteiger partial charge >= 0.3 is 0 Å². The fourth-order valence-corrected chi connectivity index (χ4v) is 2.14. The van der Waals surface area contributed by atoms with Gasteiger partial charge in [-0.25, -0.2) is 0 Å². The lowest BCUT2D eigenvalue weighted by Gasteiger charge is -2.11. The second-order valence-corrected chi connectivity index (χ2v) is 4.01. The molecular weight excluding hydrogens is 170 g/mol. The van der Waals surface area contributed by atoms with Gasteiger partial charge in [0.2, 0.25) is 0 Å². The molecule has 0 aliphatic heterocycles. The van der Waals surface area contributed by atoms with Crippen LogP contribution in [-0.4, -0.2) is 0 Å². The molecule has 0 saturated heterocycles. The monoisotopic (exact) mass is 187 g/mol. The van der Waals surface area contributed by atoms with E-state index in [2.05, 4.69) is 24.8 Å². The molecule has 1 aliphatic rings. The summed E-state index contributed by atoms with van der Waals surface area (Å²) in [6, 6.07) is 6.80. The first-order valence-corrected chi connectivity index (χ1v) is 5.29. The molecule has 1 atom stereocenters. The van der Waals surface area contributed by atoms with E-state index in [9.17, 15) is 0 Å². The summed E-state index contributed by atoms with van der Waals surface area (Å²) in [6.07, 6.45) is 6.52. The second-order valence-electron chi connectivity index (χ2n) is 4.01. The number of fused-ring (bicyclic) bond motifs is 1. The number of rotatable bonds is 3. The van der Waals surface area contributed by atoms with E-state index in [1.54, 1.807) is 0 Å². The van der Waals surface area contributed by atoms with Crippen LogP contribution in [0.4, 0.5) is 0 Å². The average molecular weight is 187 g/mol. The normalized spacial score (nSPS) is 16.4. The molecule has 0 aromatic heterocycles. The predicted octanol–water partition coefficient (Wildman–Crippen LogP) is 2.75. The topological polar surface area (TPSA) is 26.0 Å². The van der Waals surface area contributed by atoms with E-state index < -0.39 is 0 Å². The Morgan fingerprint density at radius 3 is 2.93 bits per heavy atom. The molecule has 74 valence electrons. The zero-order valence-corrected chi connectivity index (χ0v) is 8.50. The van der Waals surface area contributed by atoms with Crippen molar-refractivity contribution >= 4 is 0 Å². The van der Waals surface area contributed by atoms with E-state index in [1.165, 1.54) is 36.0 Å². The Balaban J connectivity index is 2.23. The summed E-state index contributed by atoms with van der Waals surface area (Å²) >= 11 is 0. The van der Waals surface area contributed by atoms with Crippen molar-refractivity contribution in [3.63, 3.8) is 0 Å². The molecule has 1 aliphatic carbocycles. The Morgan fingerprint density at radius 1 is 1.36 bits per heavy atom. The molecule has 0 saturated carbocycles. The summed E-state index contributed by atoms with van der Waals surface area (Å²) in [4.78, 5) is 0. The van der Waals surface area contributed by atoms with Crippen molar-refractivity contribution in [3.8, 4) is 0 Å². The zero-order valence-electron chi connectivity index (χ0n) is 8.50. The number of hydrogen-bond donors (Lipinski definition) is 1. The van der Waals surface area contributed by atoms with Crippen molar-refractivity contribution in [2.45, 2.75) is 31.7 Å². The third kappa shape index (κ3) is 1.73. The van der Waals surface area contributed by atoms with E-state index in [1.807, 2.05) is 6.08 Å². The first-order chi connectivity index (χ1) is 6.81. The van der Waals surface area contributed by atoms with Crippen LogP contribution in [0.25, 0.3) is 0 Å². The third-order valence-corrected chi connectivity index (χ3v) is 2.97. The lowest BCUT2D eigenvalue weighted by atomic mass is 10.00. The molecule has 0 unspecified atom stereocenters. The Labute approximate surface area is 85.6 Å². The molecule has 14 heavy (non-hydrogen) atoms.